The zero-order valence-electron chi connectivity index (χ0n) is 9.48. The fourth-order valence-corrected chi connectivity index (χ4v) is 1.80. The number of amides is 1. The molecule has 1 aliphatic rings. The molecule has 3 N–H and O–H groups in total. The maximum atomic E-state index is 12.0. The summed E-state index contributed by atoms with van der Waals surface area (Å²) in [6.07, 6.45) is 3.93. The van der Waals surface area contributed by atoms with E-state index in [4.69, 9.17) is 10.8 Å². The van der Waals surface area contributed by atoms with Crippen LogP contribution in [0.4, 0.5) is 0 Å². The molecule has 0 saturated heterocycles. The monoisotopic (exact) mass is 214 g/mol. The first-order valence-corrected chi connectivity index (χ1v) is 5.82. The van der Waals surface area contributed by atoms with E-state index in [9.17, 15) is 4.79 Å². The van der Waals surface area contributed by atoms with Gasteiger partial charge in [-0.25, -0.2) is 0 Å². The average molecular weight is 214 g/mol. The van der Waals surface area contributed by atoms with Crippen molar-refractivity contribution in [2.24, 2.45) is 11.7 Å². The number of aliphatic hydroxyl groups excluding tert-OH is 1. The van der Waals surface area contributed by atoms with Gasteiger partial charge in [0.15, 0.2) is 0 Å². The minimum absolute atomic E-state index is 0.0423. The highest BCUT2D eigenvalue weighted by molar-refractivity contribution is 5.79. The molecular formula is C11H22N2O2. The van der Waals surface area contributed by atoms with Crippen molar-refractivity contribution in [3.8, 4) is 0 Å². The largest absolute Gasteiger partial charge is 0.395 e. The van der Waals surface area contributed by atoms with E-state index >= 15 is 0 Å². The molecule has 0 aromatic heterocycles. The zero-order chi connectivity index (χ0) is 11.3. The average Bonchev–Trinajstić information content (AvgIpc) is 3.05. The summed E-state index contributed by atoms with van der Waals surface area (Å²) in [7, 11) is 0. The normalized spacial score (nSPS) is 17.5. The molecular weight excluding hydrogens is 192 g/mol. The van der Waals surface area contributed by atoms with E-state index in [-0.39, 0.29) is 18.4 Å². The summed E-state index contributed by atoms with van der Waals surface area (Å²) < 4.78 is 0. The Hall–Kier alpha value is -0.610. The highest BCUT2D eigenvalue weighted by Crippen LogP contribution is 2.28. The van der Waals surface area contributed by atoms with Gasteiger partial charge in [0.05, 0.1) is 6.61 Å². The molecule has 1 atom stereocenters. The molecule has 0 spiro atoms. The Kier molecular flexibility index (Phi) is 5.05. The van der Waals surface area contributed by atoms with Gasteiger partial charge in [-0.1, -0.05) is 6.92 Å². The number of carbonyl (C=O) groups is 1. The van der Waals surface area contributed by atoms with Crippen LogP contribution < -0.4 is 5.73 Å². The Bertz CT molecular complexity index is 205. The maximum Gasteiger partial charge on any atom is 0.225 e. The molecule has 1 aliphatic carbocycles. The van der Waals surface area contributed by atoms with Crippen molar-refractivity contribution in [1.29, 1.82) is 0 Å². The lowest BCUT2D eigenvalue weighted by molar-refractivity contribution is -0.136. The van der Waals surface area contributed by atoms with Gasteiger partial charge in [0.2, 0.25) is 5.91 Å². The van der Waals surface area contributed by atoms with Gasteiger partial charge >= 0.3 is 0 Å². The number of carbonyl (C=O) groups excluding carboxylic acids is 1. The van der Waals surface area contributed by atoms with Crippen LogP contribution in [0.5, 0.6) is 0 Å². The highest BCUT2D eigenvalue weighted by Gasteiger charge is 2.33. The van der Waals surface area contributed by atoms with E-state index in [0.29, 0.717) is 19.1 Å². The lowest BCUT2D eigenvalue weighted by atomic mass is 10.0. The lowest BCUT2D eigenvalue weighted by Crippen LogP contribution is -2.39. The van der Waals surface area contributed by atoms with Crippen molar-refractivity contribution in [3.63, 3.8) is 0 Å². The van der Waals surface area contributed by atoms with E-state index in [1.165, 1.54) is 0 Å². The molecule has 1 amide bonds. The van der Waals surface area contributed by atoms with Gasteiger partial charge in [0.25, 0.3) is 0 Å². The van der Waals surface area contributed by atoms with Crippen LogP contribution in [0, 0.1) is 5.92 Å². The Balaban J connectivity index is 2.39. The maximum absolute atomic E-state index is 12.0. The number of hydrogen-bond acceptors (Lipinski definition) is 3. The topological polar surface area (TPSA) is 66.6 Å². The van der Waals surface area contributed by atoms with Gasteiger partial charge in [-0.15, -0.1) is 0 Å². The second-order valence-corrected chi connectivity index (χ2v) is 4.32. The molecule has 4 nitrogen and oxygen atoms in total. The molecule has 1 fully saturated rings. The van der Waals surface area contributed by atoms with E-state index < -0.39 is 0 Å². The van der Waals surface area contributed by atoms with Crippen molar-refractivity contribution >= 4 is 5.91 Å². The van der Waals surface area contributed by atoms with Crippen molar-refractivity contribution < 1.29 is 9.90 Å². The Morgan fingerprint density at radius 2 is 2.27 bits per heavy atom. The summed E-state index contributed by atoms with van der Waals surface area (Å²) >= 11 is 0. The van der Waals surface area contributed by atoms with Crippen molar-refractivity contribution in [3.05, 3.63) is 0 Å². The van der Waals surface area contributed by atoms with Gasteiger partial charge in [0, 0.05) is 18.5 Å². The second-order valence-electron chi connectivity index (χ2n) is 4.32. The highest BCUT2D eigenvalue weighted by atomic mass is 16.3. The van der Waals surface area contributed by atoms with Crippen LogP contribution in [-0.4, -0.2) is 41.7 Å². The van der Waals surface area contributed by atoms with Gasteiger partial charge in [-0.2, -0.15) is 0 Å². The summed E-state index contributed by atoms with van der Waals surface area (Å²) in [6, 6.07) is 0.393. The van der Waals surface area contributed by atoms with Gasteiger partial charge in [-0.3, -0.25) is 4.79 Å². The van der Waals surface area contributed by atoms with E-state index in [2.05, 4.69) is 0 Å². The zero-order valence-corrected chi connectivity index (χ0v) is 9.48. The molecule has 0 bridgehead atoms. The molecule has 0 aromatic rings. The second kappa shape index (κ2) is 6.08. The number of hydrogen-bond donors (Lipinski definition) is 2. The van der Waals surface area contributed by atoms with Crippen LogP contribution in [0.15, 0.2) is 0 Å². The number of nitrogens with two attached hydrogens (primary N) is 1. The minimum Gasteiger partial charge on any atom is -0.395 e. The molecule has 1 rings (SSSR count). The third-order valence-electron chi connectivity index (χ3n) is 2.87. The predicted octanol–water partition coefficient (Wildman–Crippen LogP) is 0.345. The Morgan fingerprint density at radius 3 is 2.73 bits per heavy atom. The summed E-state index contributed by atoms with van der Waals surface area (Å²) in [4.78, 5) is 13.8. The number of rotatable bonds is 7. The summed E-state index contributed by atoms with van der Waals surface area (Å²) in [5.41, 5.74) is 5.42. The third kappa shape index (κ3) is 3.80. The Morgan fingerprint density at radius 1 is 1.60 bits per heavy atom. The summed E-state index contributed by atoms with van der Waals surface area (Å²) in [6.45, 7) is 3.13. The molecule has 0 aromatic carbocycles. The first-order chi connectivity index (χ1) is 7.20. The molecule has 4 heteroatoms. The number of aliphatic hydroxyl groups is 1. The third-order valence-corrected chi connectivity index (χ3v) is 2.87. The molecule has 1 unspecified atom stereocenters. The molecule has 0 aliphatic heterocycles. The van der Waals surface area contributed by atoms with Crippen LogP contribution in [0.3, 0.4) is 0 Å². The smallest absolute Gasteiger partial charge is 0.225 e. The van der Waals surface area contributed by atoms with Crippen LogP contribution in [-0.2, 0) is 4.79 Å². The van der Waals surface area contributed by atoms with Crippen molar-refractivity contribution in [2.45, 2.75) is 38.6 Å². The molecule has 15 heavy (non-hydrogen) atoms. The predicted molar refractivity (Wildman–Crippen MR) is 59.3 cm³/mol. The lowest BCUT2D eigenvalue weighted by Gasteiger charge is -2.24. The van der Waals surface area contributed by atoms with E-state index in [1.807, 2.05) is 11.8 Å². The van der Waals surface area contributed by atoms with Crippen LogP contribution >= 0.6 is 0 Å². The van der Waals surface area contributed by atoms with E-state index in [0.717, 1.165) is 25.7 Å². The summed E-state index contributed by atoms with van der Waals surface area (Å²) in [5, 5.41) is 8.91. The molecule has 88 valence electrons. The molecule has 1 saturated carbocycles. The van der Waals surface area contributed by atoms with E-state index in [1.54, 1.807) is 0 Å². The van der Waals surface area contributed by atoms with Crippen molar-refractivity contribution in [2.75, 3.05) is 19.7 Å². The fourth-order valence-electron chi connectivity index (χ4n) is 1.80. The first kappa shape index (κ1) is 12.5. The molecule has 0 heterocycles. The number of nitrogens with zero attached hydrogens (tertiary/aromatic N) is 1. The van der Waals surface area contributed by atoms with Crippen LogP contribution in [0.1, 0.15) is 32.6 Å². The quantitative estimate of drug-likeness (QED) is 0.642. The molecule has 0 radical (unpaired) electrons. The van der Waals surface area contributed by atoms with Crippen LogP contribution in [0.25, 0.3) is 0 Å². The van der Waals surface area contributed by atoms with Crippen LogP contribution in [0.2, 0.25) is 0 Å². The van der Waals surface area contributed by atoms with Gasteiger partial charge < -0.3 is 15.7 Å². The fraction of sp³-hybridized carbons (Fsp3) is 0.909. The Labute approximate surface area is 91.4 Å². The first-order valence-electron chi connectivity index (χ1n) is 5.82. The van der Waals surface area contributed by atoms with Gasteiger partial charge in [-0.05, 0) is 32.2 Å². The minimum atomic E-state index is 0.0423. The van der Waals surface area contributed by atoms with Crippen molar-refractivity contribution in [1.82, 2.24) is 4.90 Å². The van der Waals surface area contributed by atoms with Gasteiger partial charge in [0.1, 0.15) is 0 Å². The summed E-state index contributed by atoms with van der Waals surface area (Å²) in [5.74, 6) is 0.223. The SMILES string of the molecule is CC(CCCN)C(=O)N(CCO)C1CC1. The standard InChI is InChI=1S/C11H22N2O2/c1-9(3-2-6-12)11(15)13(7-8-14)10-4-5-10/h9-10,14H,2-8,12H2,1H3.